The van der Waals surface area contributed by atoms with Gasteiger partial charge in [0.2, 0.25) is 0 Å². The van der Waals surface area contributed by atoms with Crippen molar-refractivity contribution in [1.82, 2.24) is 5.32 Å². The van der Waals surface area contributed by atoms with Gasteiger partial charge in [-0.2, -0.15) is 0 Å². The summed E-state index contributed by atoms with van der Waals surface area (Å²) in [6.07, 6.45) is 6.01. The number of methoxy groups -OCH3 is 1. The summed E-state index contributed by atoms with van der Waals surface area (Å²) in [5.41, 5.74) is 7.13. The molecule has 1 aromatic carbocycles. The highest BCUT2D eigenvalue weighted by atomic mass is 35.5. The van der Waals surface area contributed by atoms with E-state index in [0.29, 0.717) is 12.1 Å². The Labute approximate surface area is 142 Å². The van der Waals surface area contributed by atoms with Crippen LogP contribution in [0.3, 0.4) is 0 Å². The number of nitrogens with one attached hydrogen (secondary N) is 1. The van der Waals surface area contributed by atoms with Gasteiger partial charge in [-0.15, -0.1) is 12.4 Å². The Morgan fingerprint density at radius 1 is 1.39 bits per heavy atom. The van der Waals surface area contributed by atoms with Gasteiger partial charge < -0.3 is 20.5 Å². The van der Waals surface area contributed by atoms with Crippen LogP contribution < -0.4 is 20.5 Å². The molecule has 1 aliphatic heterocycles. The SMILES string of the molecule is COc1ccc2c(c1)C=C(C(=O)NC1(CN)CCCC1)CO2.Cl. The number of fused-ring (bicyclic) bond motifs is 1. The summed E-state index contributed by atoms with van der Waals surface area (Å²) in [5.74, 6) is 1.43. The number of nitrogens with two attached hydrogens (primary N) is 1. The Kier molecular flexibility index (Phi) is 5.55. The lowest BCUT2D eigenvalue weighted by Gasteiger charge is -2.30. The first-order valence-corrected chi connectivity index (χ1v) is 7.70. The molecule has 0 unspecified atom stereocenters. The lowest BCUT2D eigenvalue weighted by molar-refractivity contribution is -0.119. The molecular formula is C17H23ClN2O3. The van der Waals surface area contributed by atoms with Crippen LogP contribution >= 0.6 is 12.4 Å². The van der Waals surface area contributed by atoms with Crippen molar-refractivity contribution in [1.29, 1.82) is 0 Å². The van der Waals surface area contributed by atoms with Crippen LogP contribution in [0.1, 0.15) is 31.2 Å². The number of ether oxygens (including phenoxy) is 2. The summed E-state index contributed by atoms with van der Waals surface area (Å²) < 4.78 is 10.9. The predicted octanol–water partition coefficient (Wildman–Crippen LogP) is 2.28. The molecule has 23 heavy (non-hydrogen) atoms. The first-order valence-electron chi connectivity index (χ1n) is 7.70. The van der Waals surface area contributed by atoms with Crippen molar-refractivity contribution < 1.29 is 14.3 Å². The van der Waals surface area contributed by atoms with Gasteiger partial charge in [0.25, 0.3) is 5.91 Å². The van der Waals surface area contributed by atoms with E-state index in [1.807, 2.05) is 24.3 Å². The first kappa shape index (κ1) is 17.6. The minimum absolute atomic E-state index is 0. The Bertz CT molecular complexity index is 610. The Hall–Kier alpha value is -1.72. The predicted molar refractivity (Wildman–Crippen MR) is 92.1 cm³/mol. The molecule has 6 heteroatoms. The number of rotatable bonds is 4. The van der Waals surface area contributed by atoms with Crippen LogP contribution in [0, 0.1) is 0 Å². The van der Waals surface area contributed by atoms with Crippen molar-refractivity contribution in [3.05, 3.63) is 29.3 Å². The summed E-state index contributed by atoms with van der Waals surface area (Å²) in [4.78, 5) is 12.5. The fraction of sp³-hybridized carbons (Fsp3) is 0.471. The van der Waals surface area contributed by atoms with Gasteiger partial charge in [0, 0.05) is 12.1 Å². The standard InChI is InChI=1S/C17H22N2O3.ClH/c1-21-14-4-5-15-12(9-14)8-13(10-22-15)16(20)19-17(11-18)6-2-3-7-17;/h4-5,8-9H,2-3,6-7,10-11,18H2,1H3,(H,19,20);1H. The zero-order chi connectivity index (χ0) is 15.6. The van der Waals surface area contributed by atoms with Gasteiger partial charge in [-0.05, 0) is 37.1 Å². The van der Waals surface area contributed by atoms with Gasteiger partial charge in [-0.3, -0.25) is 4.79 Å². The topological polar surface area (TPSA) is 73.6 Å². The zero-order valence-electron chi connectivity index (χ0n) is 13.3. The molecule has 0 bridgehead atoms. The zero-order valence-corrected chi connectivity index (χ0v) is 14.1. The first-order chi connectivity index (χ1) is 10.7. The minimum atomic E-state index is -0.243. The van der Waals surface area contributed by atoms with E-state index in [4.69, 9.17) is 15.2 Å². The van der Waals surface area contributed by atoms with Crippen molar-refractivity contribution in [2.45, 2.75) is 31.2 Å². The molecule has 0 radical (unpaired) electrons. The fourth-order valence-corrected chi connectivity index (χ4v) is 3.17. The lowest BCUT2D eigenvalue weighted by Crippen LogP contribution is -2.52. The van der Waals surface area contributed by atoms with E-state index in [9.17, 15) is 4.79 Å². The molecular weight excluding hydrogens is 316 g/mol. The molecule has 0 atom stereocenters. The van der Waals surface area contributed by atoms with Crippen LogP contribution in [0.4, 0.5) is 0 Å². The second kappa shape index (κ2) is 7.23. The molecule has 1 fully saturated rings. The maximum absolute atomic E-state index is 12.5. The van der Waals surface area contributed by atoms with Gasteiger partial charge in [0.05, 0.1) is 18.2 Å². The number of amides is 1. The lowest BCUT2D eigenvalue weighted by atomic mass is 9.96. The highest BCUT2D eigenvalue weighted by Gasteiger charge is 2.34. The summed E-state index contributed by atoms with van der Waals surface area (Å²) in [6.45, 7) is 0.767. The molecule has 1 aliphatic carbocycles. The summed E-state index contributed by atoms with van der Waals surface area (Å²) in [5, 5.41) is 3.13. The quantitative estimate of drug-likeness (QED) is 0.883. The highest BCUT2D eigenvalue weighted by Crippen LogP contribution is 2.32. The molecule has 3 N–H and O–H groups in total. The summed E-state index contributed by atoms with van der Waals surface area (Å²) >= 11 is 0. The third kappa shape index (κ3) is 3.62. The van der Waals surface area contributed by atoms with Gasteiger partial charge in [-0.25, -0.2) is 0 Å². The Morgan fingerprint density at radius 3 is 2.78 bits per heavy atom. The van der Waals surface area contributed by atoms with Gasteiger partial charge in [0.1, 0.15) is 18.1 Å². The molecule has 0 saturated heterocycles. The molecule has 0 spiro atoms. The van der Waals surface area contributed by atoms with Crippen molar-refractivity contribution >= 4 is 24.4 Å². The van der Waals surface area contributed by atoms with Crippen molar-refractivity contribution in [2.75, 3.05) is 20.3 Å². The van der Waals surface area contributed by atoms with Crippen LogP contribution in [-0.4, -0.2) is 31.7 Å². The fourth-order valence-electron chi connectivity index (χ4n) is 3.17. The Balaban J connectivity index is 0.00000192. The monoisotopic (exact) mass is 338 g/mol. The van der Waals surface area contributed by atoms with E-state index in [1.54, 1.807) is 7.11 Å². The number of halogens is 1. The smallest absolute Gasteiger partial charge is 0.251 e. The van der Waals surface area contributed by atoms with E-state index in [2.05, 4.69) is 5.32 Å². The van der Waals surface area contributed by atoms with E-state index in [1.165, 1.54) is 0 Å². The maximum atomic E-state index is 12.5. The highest BCUT2D eigenvalue weighted by molar-refractivity contribution is 5.99. The average molecular weight is 339 g/mol. The van der Waals surface area contributed by atoms with Crippen LogP contribution in [0.15, 0.2) is 23.8 Å². The normalized spacial score (nSPS) is 18.1. The van der Waals surface area contributed by atoms with E-state index >= 15 is 0 Å². The van der Waals surface area contributed by atoms with Crippen LogP contribution in [-0.2, 0) is 4.79 Å². The molecule has 1 amide bonds. The molecule has 5 nitrogen and oxygen atoms in total. The number of carbonyl (C=O) groups excluding carboxylic acids is 1. The maximum Gasteiger partial charge on any atom is 0.251 e. The van der Waals surface area contributed by atoms with E-state index in [0.717, 1.165) is 42.7 Å². The van der Waals surface area contributed by atoms with Gasteiger partial charge in [0.15, 0.2) is 0 Å². The third-order valence-corrected chi connectivity index (χ3v) is 4.55. The summed E-state index contributed by atoms with van der Waals surface area (Å²) in [6, 6.07) is 5.58. The van der Waals surface area contributed by atoms with Gasteiger partial charge in [-0.1, -0.05) is 12.8 Å². The van der Waals surface area contributed by atoms with Crippen molar-refractivity contribution in [3.63, 3.8) is 0 Å². The van der Waals surface area contributed by atoms with E-state index in [-0.39, 0.29) is 30.5 Å². The average Bonchev–Trinajstić information content (AvgIpc) is 3.02. The molecule has 1 saturated carbocycles. The number of hydrogen-bond acceptors (Lipinski definition) is 4. The molecule has 2 aliphatic rings. The largest absolute Gasteiger partial charge is 0.497 e. The van der Waals surface area contributed by atoms with E-state index < -0.39 is 0 Å². The van der Waals surface area contributed by atoms with Crippen LogP contribution in [0.25, 0.3) is 6.08 Å². The molecule has 126 valence electrons. The van der Waals surface area contributed by atoms with Crippen LogP contribution in [0.2, 0.25) is 0 Å². The Morgan fingerprint density at radius 2 is 2.13 bits per heavy atom. The molecule has 0 aromatic heterocycles. The van der Waals surface area contributed by atoms with Gasteiger partial charge >= 0.3 is 0 Å². The van der Waals surface area contributed by atoms with Crippen molar-refractivity contribution in [3.8, 4) is 11.5 Å². The molecule has 1 aromatic rings. The van der Waals surface area contributed by atoms with Crippen molar-refractivity contribution in [2.24, 2.45) is 5.73 Å². The number of benzene rings is 1. The molecule has 1 heterocycles. The minimum Gasteiger partial charge on any atom is -0.497 e. The number of hydrogen-bond donors (Lipinski definition) is 2. The summed E-state index contributed by atoms with van der Waals surface area (Å²) in [7, 11) is 1.62. The molecule has 3 rings (SSSR count). The number of carbonyl (C=O) groups is 1. The second-order valence-corrected chi connectivity index (χ2v) is 6.01. The second-order valence-electron chi connectivity index (χ2n) is 6.01. The third-order valence-electron chi connectivity index (χ3n) is 4.55. The van der Waals surface area contributed by atoms with Crippen LogP contribution in [0.5, 0.6) is 11.5 Å².